The minimum absolute atomic E-state index is 0.0732. The highest BCUT2D eigenvalue weighted by molar-refractivity contribution is 5.71. The topological polar surface area (TPSA) is 78.9 Å². The van der Waals surface area contributed by atoms with Crippen LogP contribution in [0.4, 0.5) is 0 Å². The van der Waals surface area contributed by atoms with Crippen molar-refractivity contribution in [2.75, 3.05) is 13.2 Å². The molecule has 6 heteroatoms. The fourth-order valence-electron chi connectivity index (χ4n) is 10.3. The number of unbranched alkanes of at least 4 members (excludes halogenated alkanes) is 48. The monoisotopic (exact) mass is 1050 g/mol. The van der Waals surface area contributed by atoms with Crippen LogP contribution >= 0.6 is 0 Å². The highest BCUT2D eigenvalue weighted by atomic mass is 16.6. The quantitative estimate of drug-likeness (QED) is 0.0261. The normalized spacial score (nSPS) is 12.1. The van der Waals surface area contributed by atoms with Crippen LogP contribution in [0.25, 0.3) is 0 Å². The van der Waals surface area contributed by atoms with Gasteiger partial charge in [-0.15, -0.1) is 0 Å². The SMILES string of the molecule is CCC/C=C\CCCCCCCC(=O)OCC(COC(=O)CCCCCCCCCCCCCCCCCCCCCCCCCCCCCCCCCCCCC)OC(=O)CCCCCCC/C=C\CCCCC. The largest absolute Gasteiger partial charge is 0.462 e. The molecule has 0 saturated heterocycles. The molecular formula is C69H130O6. The Hall–Kier alpha value is -2.11. The molecule has 0 saturated carbocycles. The lowest BCUT2D eigenvalue weighted by atomic mass is 10.0. The van der Waals surface area contributed by atoms with Gasteiger partial charge >= 0.3 is 17.9 Å². The van der Waals surface area contributed by atoms with Crippen molar-refractivity contribution in [2.24, 2.45) is 0 Å². The lowest BCUT2D eigenvalue weighted by molar-refractivity contribution is -0.167. The van der Waals surface area contributed by atoms with Gasteiger partial charge in [-0.05, 0) is 64.2 Å². The number of carbonyl (C=O) groups excluding carboxylic acids is 3. The van der Waals surface area contributed by atoms with Crippen molar-refractivity contribution in [3.8, 4) is 0 Å². The number of hydrogen-bond acceptors (Lipinski definition) is 6. The van der Waals surface area contributed by atoms with E-state index in [-0.39, 0.29) is 31.1 Å². The summed E-state index contributed by atoms with van der Waals surface area (Å²) in [7, 11) is 0. The first kappa shape index (κ1) is 72.9. The van der Waals surface area contributed by atoms with Crippen LogP contribution in [-0.2, 0) is 28.6 Å². The van der Waals surface area contributed by atoms with Gasteiger partial charge in [-0.2, -0.15) is 0 Å². The zero-order valence-corrected chi connectivity index (χ0v) is 50.8. The molecule has 0 amide bonds. The van der Waals surface area contributed by atoms with Gasteiger partial charge in [-0.25, -0.2) is 0 Å². The molecule has 0 rings (SSSR count). The highest BCUT2D eigenvalue weighted by Crippen LogP contribution is 2.19. The molecule has 0 aromatic rings. The van der Waals surface area contributed by atoms with Gasteiger partial charge in [-0.1, -0.05) is 321 Å². The van der Waals surface area contributed by atoms with Crippen molar-refractivity contribution in [1.29, 1.82) is 0 Å². The van der Waals surface area contributed by atoms with Gasteiger partial charge in [-0.3, -0.25) is 14.4 Å². The zero-order valence-electron chi connectivity index (χ0n) is 50.8. The van der Waals surface area contributed by atoms with Crippen LogP contribution < -0.4 is 0 Å². The lowest BCUT2D eigenvalue weighted by Gasteiger charge is -2.18. The summed E-state index contributed by atoms with van der Waals surface area (Å²) in [6.07, 6.45) is 78.2. The van der Waals surface area contributed by atoms with Gasteiger partial charge in [0.15, 0.2) is 6.10 Å². The number of ether oxygens (including phenoxy) is 3. The molecule has 0 aromatic heterocycles. The van der Waals surface area contributed by atoms with Crippen LogP contribution in [0, 0.1) is 0 Å². The Kier molecular flexibility index (Phi) is 62.6. The third-order valence-corrected chi connectivity index (χ3v) is 15.4. The summed E-state index contributed by atoms with van der Waals surface area (Å²) in [5.74, 6) is -0.874. The van der Waals surface area contributed by atoms with E-state index < -0.39 is 6.10 Å². The van der Waals surface area contributed by atoms with E-state index in [0.717, 1.165) is 77.0 Å². The second-order valence-electron chi connectivity index (χ2n) is 23.1. The molecule has 6 nitrogen and oxygen atoms in total. The van der Waals surface area contributed by atoms with E-state index in [2.05, 4.69) is 45.1 Å². The van der Waals surface area contributed by atoms with Crippen LogP contribution in [0.3, 0.4) is 0 Å². The van der Waals surface area contributed by atoms with Crippen molar-refractivity contribution < 1.29 is 28.6 Å². The smallest absolute Gasteiger partial charge is 0.306 e. The molecule has 0 aromatic carbocycles. The summed E-state index contributed by atoms with van der Waals surface area (Å²) in [6.45, 7) is 6.59. The maximum Gasteiger partial charge on any atom is 0.306 e. The van der Waals surface area contributed by atoms with Crippen LogP contribution in [0.15, 0.2) is 24.3 Å². The van der Waals surface area contributed by atoms with Gasteiger partial charge in [0.05, 0.1) is 0 Å². The van der Waals surface area contributed by atoms with E-state index in [0.29, 0.717) is 19.3 Å². The maximum atomic E-state index is 12.8. The molecular weight excluding hydrogens is 925 g/mol. The molecule has 442 valence electrons. The molecule has 0 aliphatic rings. The summed E-state index contributed by atoms with van der Waals surface area (Å²) in [6, 6.07) is 0. The van der Waals surface area contributed by atoms with E-state index in [1.807, 2.05) is 0 Å². The maximum absolute atomic E-state index is 12.8. The Bertz CT molecular complexity index is 1210. The third-order valence-electron chi connectivity index (χ3n) is 15.4. The first-order valence-electron chi connectivity index (χ1n) is 33.8. The molecule has 0 fully saturated rings. The summed E-state index contributed by atoms with van der Waals surface area (Å²) in [5, 5.41) is 0. The second-order valence-corrected chi connectivity index (χ2v) is 23.1. The predicted molar refractivity (Wildman–Crippen MR) is 326 cm³/mol. The third kappa shape index (κ3) is 62.6. The van der Waals surface area contributed by atoms with Crippen LogP contribution in [-0.4, -0.2) is 37.2 Å². The minimum atomic E-state index is -0.775. The first-order valence-corrected chi connectivity index (χ1v) is 33.8. The summed E-state index contributed by atoms with van der Waals surface area (Å²) < 4.78 is 16.8. The highest BCUT2D eigenvalue weighted by Gasteiger charge is 2.19. The molecule has 1 atom stereocenters. The van der Waals surface area contributed by atoms with Crippen molar-refractivity contribution in [3.05, 3.63) is 24.3 Å². The van der Waals surface area contributed by atoms with Crippen LogP contribution in [0.5, 0.6) is 0 Å². The summed E-state index contributed by atoms with van der Waals surface area (Å²) >= 11 is 0. The molecule has 0 aliphatic heterocycles. The number of allylic oxidation sites excluding steroid dienone is 4. The zero-order chi connectivity index (χ0) is 54.3. The van der Waals surface area contributed by atoms with E-state index in [1.165, 1.54) is 263 Å². The molecule has 1 unspecified atom stereocenters. The lowest BCUT2D eigenvalue weighted by Crippen LogP contribution is -2.30. The standard InChI is InChI=1S/C69H130O6/c1-4-7-10-13-16-19-22-24-25-26-27-28-29-30-31-32-33-34-35-36-37-38-39-40-41-42-43-44-45-46-48-50-53-56-59-62-68(71)74-65-66(64-73-67(70)61-58-55-52-49-21-18-15-12-9-6-3)75-69(72)63-60-57-54-51-47-23-20-17-14-11-8-5-2/h12,15,17,20,66H,4-11,13-14,16,18-19,21-65H2,1-3H3/b15-12-,20-17-. The predicted octanol–water partition coefficient (Wildman–Crippen LogP) is 23.0. The average molecular weight is 1060 g/mol. The molecule has 0 heterocycles. The van der Waals surface area contributed by atoms with E-state index >= 15 is 0 Å². The Morgan fingerprint density at radius 2 is 0.467 bits per heavy atom. The van der Waals surface area contributed by atoms with Gasteiger partial charge in [0.2, 0.25) is 0 Å². The Morgan fingerprint density at radius 3 is 0.747 bits per heavy atom. The fourth-order valence-corrected chi connectivity index (χ4v) is 10.3. The Labute approximate surface area is 468 Å². The van der Waals surface area contributed by atoms with Crippen molar-refractivity contribution in [1.82, 2.24) is 0 Å². The van der Waals surface area contributed by atoms with Crippen molar-refractivity contribution in [3.63, 3.8) is 0 Å². The van der Waals surface area contributed by atoms with E-state index in [9.17, 15) is 14.4 Å². The van der Waals surface area contributed by atoms with Gasteiger partial charge in [0.1, 0.15) is 13.2 Å². The molecule has 75 heavy (non-hydrogen) atoms. The summed E-state index contributed by atoms with van der Waals surface area (Å²) in [4.78, 5) is 38.1. The average Bonchev–Trinajstić information content (AvgIpc) is 3.41. The Balaban J connectivity index is 3.92. The molecule has 0 radical (unpaired) electrons. The van der Waals surface area contributed by atoms with E-state index in [4.69, 9.17) is 14.2 Å². The molecule has 0 aliphatic carbocycles. The van der Waals surface area contributed by atoms with Crippen molar-refractivity contribution in [2.45, 2.75) is 386 Å². The Morgan fingerprint density at radius 1 is 0.253 bits per heavy atom. The molecule has 0 spiro atoms. The number of carbonyl (C=O) groups is 3. The molecule has 0 N–H and O–H groups in total. The van der Waals surface area contributed by atoms with Crippen LogP contribution in [0.1, 0.15) is 380 Å². The first-order chi connectivity index (χ1) is 37.0. The number of esters is 3. The van der Waals surface area contributed by atoms with Gasteiger partial charge in [0.25, 0.3) is 0 Å². The second kappa shape index (κ2) is 64.4. The number of rotatable bonds is 63. The number of hydrogen-bond donors (Lipinski definition) is 0. The summed E-state index contributed by atoms with van der Waals surface area (Å²) in [5.41, 5.74) is 0. The molecule has 0 bridgehead atoms. The minimum Gasteiger partial charge on any atom is -0.462 e. The van der Waals surface area contributed by atoms with Crippen LogP contribution in [0.2, 0.25) is 0 Å². The van der Waals surface area contributed by atoms with Crippen molar-refractivity contribution >= 4 is 17.9 Å². The van der Waals surface area contributed by atoms with E-state index in [1.54, 1.807) is 0 Å². The van der Waals surface area contributed by atoms with Gasteiger partial charge in [0, 0.05) is 19.3 Å². The fraction of sp³-hybridized carbons (Fsp3) is 0.899. The van der Waals surface area contributed by atoms with Gasteiger partial charge < -0.3 is 14.2 Å².